The molecular formula is C15H21N3O3. The van der Waals surface area contributed by atoms with Crippen LogP contribution in [0.1, 0.15) is 30.1 Å². The third-order valence-electron chi connectivity index (χ3n) is 3.67. The van der Waals surface area contributed by atoms with Gasteiger partial charge in [-0.2, -0.15) is 0 Å². The number of rotatable bonds is 4. The van der Waals surface area contributed by atoms with Crippen LogP contribution in [0.4, 0.5) is 11.4 Å². The van der Waals surface area contributed by atoms with Gasteiger partial charge in [-0.3, -0.25) is 4.79 Å². The monoisotopic (exact) mass is 291 g/mol. The van der Waals surface area contributed by atoms with Gasteiger partial charge in [0.15, 0.2) is 0 Å². The number of nitrogens with zero attached hydrogens (tertiary/aromatic N) is 1. The molecule has 0 saturated carbocycles. The van der Waals surface area contributed by atoms with Crippen LogP contribution in [0.15, 0.2) is 18.2 Å². The summed E-state index contributed by atoms with van der Waals surface area (Å²) in [6.45, 7) is 2.83. The molecule has 1 amide bonds. The quantitative estimate of drug-likeness (QED) is 0.642. The van der Waals surface area contributed by atoms with E-state index in [2.05, 4.69) is 5.32 Å². The molecular weight excluding hydrogens is 270 g/mol. The van der Waals surface area contributed by atoms with E-state index >= 15 is 0 Å². The van der Waals surface area contributed by atoms with Crippen LogP contribution in [0.25, 0.3) is 0 Å². The van der Waals surface area contributed by atoms with E-state index in [9.17, 15) is 9.59 Å². The predicted octanol–water partition coefficient (Wildman–Crippen LogP) is 1.16. The fourth-order valence-corrected chi connectivity index (χ4v) is 2.62. The average molecular weight is 291 g/mol. The molecule has 1 unspecified atom stereocenters. The molecule has 6 nitrogen and oxygen atoms in total. The Morgan fingerprint density at radius 3 is 2.90 bits per heavy atom. The van der Waals surface area contributed by atoms with Crippen molar-refractivity contribution in [2.24, 2.45) is 0 Å². The summed E-state index contributed by atoms with van der Waals surface area (Å²) in [4.78, 5) is 25.8. The number of carbonyl (C=O) groups excluding carboxylic acids is 2. The van der Waals surface area contributed by atoms with Gasteiger partial charge in [0.25, 0.3) is 0 Å². The van der Waals surface area contributed by atoms with E-state index in [0.717, 1.165) is 25.1 Å². The maximum Gasteiger partial charge on any atom is 0.340 e. The molecule has 0 bridgehead atoms. The fourth-order valence-electron chi connectivity index (χ4n) is 2.62. The standard InChI is InChI=1S/C15H21N3O3/c1-3-21-15(20)11-9-10(6-7-12(11)16)18-8-4-5-13(18)14(19)17-2/h6-7,9,13H,3-5,8,16H2,1-2H3,(H,17,19). The Morgan fingerprint density at radius 1 is 1.48 bits per heavy atom. The molecule has 3 N–H and O–H groups in total. The Morgan fingerprint density at radius 2 is 2.24 bits per heavy atom. The number of nitrogen functional groups attached to an aromatic ring is 1. The van der Waals surface area contributed by atoms with Crippen molar-refractivity contribution in [2.45, 2.75) is 25.8 Å². The highest BCUT2D eigenvalue weighted by atomic mass is 16.5. The van der Waals surface area contributed by atoms with Crippen molar-refractivity contribution in [1.29, 1.82) is 0 Å². The first-order chi connectivity index (χ1) is 10.1. The van der Waals surface area contributed by atoms with Crippen LogP contribution in [0.5, 0.6) is 0 Å². The molecule has 1 aromatic carbocycles. The Bertz CT molecular complexity index is 545. The molecule has 0 spiro atoms. The molecule has 0 aromatic heterocycles. The van der Waals surface area contributed by atoms with Gasteiger partial charge in [0.2, 0.25) is 5.91 Å². The van der Waals surface area contributed by atoms with E-state index in [-0.39, 0.29) is 11.9 Å². The van der Waals surface area contributed by atoms with Crippen LogP contribution < -0.4 is 16.0 Å². The second kappa shape index (κ2) is 6.47. The molecule has 114 valence electrons. The van der Waals surface area contributed by atoms with Crippen molar-refractivity contribution in [2.75, 3.05) is 30.8 Å². The number of amides is 1. The van der Waals surface area contributed by atoms with Gasteiger partial charge in [0.05, 0.1) is 12.2 Å². The van der Waals surface area contributed by atoms with Crippen molar-refractivity contribution in [3.8, 4) is 0 Å². The number of carbonyl (C=O) groups is 2. The minimum Gasteiger partial charge on any atom is -0.462 e. The third-order valence-corrected chi connectivity index (χ3v) is 3.67. The number of anilines is 2. The smallest absolute Gasteiger partial charge is 0.340 e. The van der Waals surface area contributed by atoms with Crippen molar-refractivity contribution >= 4 is 23.3 Å². The first-order valence-corrected chi connectivity index (χ1v) is 7.13. The van der Waals surface area contributed by atoms with E-state index in [1.54, 1.807) is 26.1 Å². The van der Waals surface area contributed by atoms with Crippen LogP contribution >= 0.6 is 0 Å². The van der Waals surface area contributed by atoms with Gasteiger partial charge in [-0.25, -0.2) is 4.79 Å². The number of ether oxygens (including phenoxy) is 1. The van der Waals surface area contributed by atoms with Crippen LogP contribution in [0.2, 0.25) is 0 Å². The lowest BCUT2D eigenvalue weighted by Gasteiger charge is -2.26. The first-order valence-electron chi connectivity index (χ1n) is 7.13. The highest BCUT2D eigenvalue weighted by Gasteiger charge is 2.30. The second-order valence-electron chi connectivity index (χ2n) is 4.96. The zero-order chi connectivity index (χ0) is 15.4. The molecule has 1 aliphatic heterocycles. The van der Waals surface area contributed by atoms with Gasteiger partial charge < -0.3 is 20.7 Å². The summed E-state index contributed by atoms with van der Waals surface area (Å²) in [6, 6.07) is 5.02. The SMILES string of the molecule is CCOC(=O)c1cc(N2CCCC2C(=O)NC)ccc1N. The molecule has 1 saturated heterocycles. The molecule has 1 atom stereocenters. The van der Waals surface area contributed by atoms with Gasteiger partial charge in [0, 0.05) is 25.0 Å². The Labute approximate surface area is 124 Å². The number of benzene rings is 1. The summed E-state index contributed by atoms with van der Waals surface area (Å²) < 4.78 is 5.01. The van der Waals surface area contributed by atoms with Crippen molar-refractivity contribution in [1.82, 2.24) is 5.32 Å². The summed E-state index contributed by atoms with van der Waals surface area (Å²) in [5, 5.41) is 2.68. The Balaban J connectivity index is 2.30. The molecule has 21 heavy (non-hydrogen) atoms. The number of hydrogen-bond acceptors (Lipinski definition) is 5. The van der Waals surface area contributed by atoms with Crippen LogP contribution in [0, 0.1) is 0 Å². The zero-order valence-corrected chi connectivity index (χ0v) is 12.4. The van der Waals surface area contributed by atoms with Gasteiger partial charge in [-0.05, 0) is 38.0 Å². The molecule has 0 aliphatic carbocycles. The maximum absolute atomic E-state index is 11.9. The molecule has 0 radical (unpaired) electrons. The van der Waals surface area contributed by atoms with E-state index in [1.807, 2.05) is 11.0 Å². The highest BCUT2D eigenvalue weighted by molar-refractivity contribution is 5.96. The summed E-state index contributed by atoms with van der Waals surface area (Å²) in [7, 11) is 1.63. The molecule has 2 rings (SSSR count). The van der Waals surface area contributed by atoms with E-state index in [0.29, 0.717) is 17.9 Å². The minimum absolute atomic E-state index is 0.0120. The topological polar surface area (TPSA) is 84.7 Å². The van der Waals surface area contributed by atoms with Gasteiger partial charge in [-0.15, -0.1) is 0 Å². The molecule has 1 fully saturated rings. The number of hydrogen-bond donors (Lipinski definition) is 2. The zero-order valence-electron chi connectivity index (χ0n) is 12.4. The highest BCUT2D eigenvalue weighted by Crippen LogP contribution is 2.28. The largest absolute Gasteiger partial charge is 0.462 e. The van der Waals surface area contributed by atoms with E-state index in [4.69, 9.17) is 10.5 Å². The molecule has 1 aliphatic rings. The Kier molecular flexibility index (Phi) is 4.67. The fraction of sp³-hybridized carbons (Fsp3) is 0.467. The van der Waals surface area contributed by atoms with Crippen LogP contribution in [-0.2, 0) is 9.53 Å². The van der Waals surface area contributed by atoms with E-state index < -0.39 is 5.97 Å². The molecule has 1 heterocycles. The number of esters is 1. The normalized spacial score (nSPS) is 17.6. The van der Waals surface area contributed by atoms with Crippen LogP contribution in [-0.4, -0.2) is 38.1 Å². The third kappa shape index (κ3) is 3.09. The number of likely N-dealkylation sites (N-methyl/N-ethyl adjacent to an activating group) is 1. The summed E-state index contributed by atoms with van der Waals surface area (Å²) >= 11 is 0. The van der Waals surface area contributed by atoms with Gasteiger partial charge in [-0.1, -0.05) is 0 Å². The summed E-state index contributed by atoms with van der Waals surface area (Å²) in [5.41, 5.74) is 7.39. The van der Waals surface area contributed by atoms with Crippen molar-refractivity contribution < 1.29 is 14.3 Å². The summed E-state index contributed by atoms with van der Waals surface area (Å²) in [5.74, 6) is -0.449. The van der Waals surface area contributed by atoms with Crippen molar-refractivity contribution in [3.05, 3.63) is 23.8 Å². The lowest BCUT2D eigenvalue weighted by atomic mass is 10.1. The lowest BCUT2D eigenvalue weighted by molar-refractivity contribution is -0.121. The predicted molar refractivity (Wildman–Crippen MR) is 81.2 cm³/mol. The summed E-state index contributed by atoms with van der Waals surface area (Å²) in [6.07, 6.45) is 1.75. The number of nitrogens with two attached hydrogens (primary N) is 1. The van der Waals surface area contributed by atoms with Gasteiger partial charge >= 0.3 is 5.97 Å². The first kappa shape index (κ1) is 15.2. The van der Waals surface area contributed by atoms with Crippen molar-refractivity contribution in [3.63, 3.8) is 0 Å². The Hall–Kier alpha value is -2.24. The average Bonchev–Trinajstić information content (AvgIpc) is 2.96. The minimum atomic E-state index is -0.437. The van der Waals surface area contributed by atoms with E-state index in [1.165, 1.54) is 0 Å². The molecule has 1 aromatic rings. The van der Waals surface area contributed by atoms with Gasteiger partial charge in [0.1, 0.15) is 6.04 Å². The molecule has 6 heteroatoms. The lowest BCUT2D eigenvalue weighted by Crippen LogP contribution is -2.42. The second-order valence-corrected chi connectivity index (χ2v) is 4.96. The number of nitrogens with one attached hydrogen (secondary N) is 1. The van der Waals surface area contributed by atoms with Crippen LogP contribution in [0.3, 0.4) is 0 Å². The maximum atomic E-state index is 11.9.